The molecule has 2 atom stereocenters. The third kappa shape index (κ3) is 3.19. The zero-order valence-electron chi connectivity index (χ0n) is 12.5. The summed E-state index contributed by atoms with van der Waals surface area (Å²) < 4.78 is 0. The van der Waals surface area contributed by atoms with Crippen molar-refractivity contribution in [2.45, 2.75) is 44.2 Å². The number of nitrogens with two attached hydrogens (primary N) is 1. The number of hydrogen-bond donors (Lipinski definition) is 3. The van der Waals surface area contributed by atoms with Gasteiger partial charge in [-0.3, -0.25) is 0 Å². The minimum Gasteiger partial charge on any atom is -0.399 e. The average Bonchev–Trinajstić information content (AvgIpc) is 2.87. The van der Waals surface area contributed by atoms with E-state index in [1.807, 2.05) is 18.2 Å². The van der Waals surface area contributed by atoms with Crippen molar-refractivity contribution in [2.24, 2.45) is 0 Å². The van der Waals surface area contributed by atoms with Gasteiger partial charge >= 0.3 is 0 Å². The molecule has 2 unspecified atom stereocenters. The standard InChI is InChI=1S/C16H24N4O/c1-20(14-4-2-3-5-15(14)21)9-8-16-18-12-7-6-11(17)10-13(12)19-16/h6-7,10,14-15,21H,2-5,8-9,17H2,1H3,(H,18,19). The molecule has 1 aromatic heterocycles. The third-order valence-corrected chi connectivity index (χ3v) is 4.52. The summed E-state index contributed by atoms with van der Waals surface area (Å²) >= 11 is 0. The molecule has 1 aromatic carbocycles. The lowest BCUT2D eigenvalue weighted by molar-refractivity contribution is 0.0326. The van der Waals surface area contributed by atoms with E-state index < -0.39 is 0 Å². The lowest BCUT2D eigenvalue weighted by Crippen LogP contribution is -2.44. The number of aliphatic hydroxyl groups excluding tert-OH is 1. The second-order valence-corrected chi connectivity index (χ2v) is 6.11. The summed E-state index contributed by atoms with van der Waals surface area (Å²) in [6, 6.07) is 6.02. The average molecular weight is 288 g/mol. The van der Waals surface area contributed by atoms with Crippen molar-refractivity contribution >= 4 is 16.7 Å². The van der Waals surface area contributed by atoms with E-state index in [1.54, 1.807) is 0 Å². The number of benzene rings is 1. The normalized spacial score (nSPS) is 23.0. The molecule has 1 aliphatic carbocycles. The fourth-order valence-corrected chi connectivity index (χ4v) is 3.25. The van der Waals surface area contributed by atoms with Crippen LogP contribution in [0, 0.1) is 0 Å². The third-order valence-electron chi connectivity index (χ3n) is 4.52. The van der Waals surface area contributed by atoms with Gasteiger partial charge in [-0.05, 0) is 38.1 Å². The van der Waals surface area contributed by atoms with Crippen LogP contribution in [0.4, 0.5) is 5.69 Å². The Morgan fingerprint density at radius 2 is 2.19 bits per heavy atom. The van der Waals surface area contributed by atoms with E-state index in [9.17, 15) is 5.11 Å². The lowest BCUT2D eigenvalue weighted by Gasteiger charge is -2.35. The van der Waals surface area contributed by atoms with E-state index in [2.05, 4.69) is 21.9 Å². The number of nitrogens with one attached hydrogen (secondary N) is 1. The van der Waals surface area contributed by atoms with E-state index in [0.29, 0.717) is 6.04 Å². The van der Waals surface area contributed by atoms with Crippen LogP contribution >= 0.6 is 0 Å². The summed E-state index contributed by atoms with van der Waals surface area (Å²) in [5, 5.41) is 10.1. The molecule has 2 aromatic rings. The van der Waals surface area contributed by atoms with Crippen LogP contribution in [0.15, 0.2) is 18.2 Å². The van der Waals surface area contributed by atoms with Gasteiger partial charge in [0.15, 0.2) is 0 Å². The van der Waals surface area contributed by atoms with Crippen LogP contribution in [0.25, 0.3) is 11.0 Å². The van der Waals surface area contributed by atoms with E-state index in [-0.39, 0.29) is 6.10 Å². The van der Waals surface area contributed by atoms with Gasteiger partial charge in [-0.25, -0.2) is 4.98 Å². The molecule has 5 heteroatoms. The maximum absolute atomic E-state index is 10.1. The molecule has 0 saturated heterocycles. The Hall–Kier alpha value is -1.59. The minimum absolute atomic E-state index is 0.181. The van der Waals surface area contributed by atoms with Crippen molar-refractivity contribution in [1.82, 2.24) is 14.9 Å². The first kappa shape index (κ1) is 14.4. The molecule has 1 aliphatic rings. The smallest absolute Gasteiger partial charge is 0.108 e. The molecule has 3 rings (SSSR count). The van der Waals surface area contributed by atoms with Gasteiger partial charge in [0, 0.05) is 24.7 Å². The van der Waals surface area contributed by atoms with Crippen LogP contribution < -0.4 is 5.73 Å². The van der Waals surface area contributed by atoms with E-state index in [1.165, 1.54) is 6.42 Å². The molecule has 4 N–H and O–H groups in total. The molecule has 21 heavy (non-hydrogen) atoms. The molecule has 114 valence electrons. The number of anilines is 1. The van der Waals surface area contributed by atoms with Crippen LogP contribution in [0.1, 0.15) is 31.5 Å². The molecule has 0 radical (unpaired) electrons. The van der Waals surface area contributed by atoms with Crippen LogP contribution in [0.2, 0.25) is 0 Å². The van der Waals surface area contributed by atoms with Crippen molar-refractivity contribution in [1.29, 1.82) is 0 Å². The number of likely N-dealkylation sites (N-methyl/N-ethyl adjacent to an activating group) is 1. The maximum atomic E-state index is 10.1. The predicted molar refractivity (Wildman–Crippen MR) is 85.1 cm³/mol. The lowest BCUT2D eigenvalue weighted by atomic mass is 9.91. The molecule has 1 fully saturated rings. The van der Waals surface area contributed by atoms with Gasteiger partial charge in [0.2, 0.25) is 0 Å². The SMILES string of the molecule is CN(CCc1nc2ccc(N)cc2[nH]1)C1CCCCC1O. The van der Waals surface area contributed by atoms with E-state index in [4.69, 9.17) is 5.73 Å². The highest BCUT2D eigenvalue weighted by Crippen LogP contribution is 2.22. The van der Waals surface area contributed by atoms with Crippen LogP contribution in [0.5, 0.6) is 0 Å². The topological polar surface area (TPSA) is 78.2 Å². The Morgan fingerprint density at radius 3 is 3.00 bits per heavy atom. The predicted octanol–water partition coefficient (Wildman–Crippen LogP) is 1.92. The van der Waals surface area contributed by atoms with Gasteiger partial charge in [0.25, 0.3) is 0 Å². The Balaban J connectivity index is 1.62. The number of rotatable bonds is 4. The van der Waals surface area contributed by atoms with Gasteiger partial charge < -0.3 is 20.7 Å². The summed E-state index contributed by atoms with van der Waals surface area (Å²) in [7, 11) is 2.10. The van der Waals surface area contributed by atoms with Crippen LogP contribution in [-0.4, -0.2) is 45.7 Å². The maximum Gasteiger partial charge on any atom is 0.108 e. The second kappa shape index (κ2) is 6.03. The number of aromatic amines is 1. The molecule has 0 aliphatic heterocycles. The van der Waals surface area contributed by atoms with Crippen molar-refractivity contribution in [3.05, 3.63) is 24.0 Å². The number of nitrogens with zero attached hydrogens (tertiary/aromatic N) is 2. The van der Waals surface area contributed by atoms with Gasteiger partial charge in [-0.2, -0.15) is 0 Å². The van der Waals surface area contributed by atoms with Crippen molar-refractivity contribution in [2.75, 3.05) is 19.3 Å². The van der Waals surface area contributed by atoms with Crippen LogP contribution in [-0.2, 0) is 6.42 Å². The highest BCUT2D eigenvalue weighted by molar-refractivity contribution is 5.78. The number of fused-ring (bicyclic) bond motifs is 1. The van der Waals surface area contributed by atoms with Crippen molar-refractivity contribution < 1.29 is 5.11 Å². The van der Waals surface area contributed by atoms with Crippen LogP contribution in [0.3, 0.4) is 0 Å². The zero-order valence-corrected chi connectivity index (χ0v) is 12.5. The number of aromatic nitrogens is 2. The number of nitrogen functional groups attached to an aromatic ring is 1. The highest BCUT2D eigenvalue weighted by atomic mass is 16.3. The van der Waals surface area contributed by atoms with E-state index >= 15 is 0 Å². The molecule has 0 bridgehead atoms. The Bertz CT molecular complexity index is 609. The summed E-state index contributed by atoms with van der Waals surface area (Å²) in [6.07, 6.45) is 5.06. The van der Waals surface area contributed by atoms with Crippen molar-refractivity contribution in [3.8, 4) is 0 Å². The first-order chi connectivity index (χ1) is 10.1. The summed E-state index contributed by atoms with van der Waals surface area (Å²) in [6.45, 7) is 0.900. The molecule has 0 spiro atoms. The first-order valence-corrected chi connectivity index (χ1v) is 7.76. The van der Waals surface area contributed by atoms with Gasteiger partial charge in [-0.15, -0.1) is 0 Å². The number of imidazole rings is 1. The first-order valence-electron chi connectivity index (χ1n) is 7.76. The molecule has 1 saturated carbocycles. The molecular weight excluding hydrogens is 264 g/mol. The Kier molecular flexibility index (Phi) is 4.12. The summed E-state index contributed by atoms with van der Waals surface area (Å²) in [5.74, 6) is 0.979. The summed E-state index contributed by atoms with van der Waals surface area (Å²) in [5.41, 5.74) is 8.48. The molecule has 1 heterocycles. The number of aliphatic hydroxyl groups is 1. The summed E-state index contributed by atoms with van der Waals surface area (Å²) in [4.78, 5) is 10.2. The Morgan fingerprint density at radius 1 is 1.38 bits per heavy atom. The number of H-pyrrole nitrogens is 1. The van der Waals surface area contributed by atoms with Gasteiger partial charge in [0.05, 0.1) is 17.1 Å². The van der Waals surface area contributed by atoms with Gasteiger partial charge in [0.1, 0.15) is 5.82 Å². The zero-order chi connectivity index (χ0) is 14.8. The van der Waals surface area contributed by atoms with Crippen molar-refractivity contribution in [3.63, 3.8) is 0 Å². The fraction of sp³-hybridized carbons (Fsp3) is 0.562. The van der Waals surface area contributed by atoms with Gasteiger partial charge in [-0.1, -0.05) is 12.8 Å². The highest BCUT2D eigenvalue weighted by Gasteiger charge is 2.26. The minimum atomic E-state index is -0.181. The second-order valence-electron chi connectivity index (χ2n) is 6.11. The van der Waals surface area contributed by atoms with E-state index in [0.717, 1.165) is 54.8 Å². The molecular formula is C16H24N4O. The largest absolute Gasteiger partial charge is 0.399 e. The number of hydrogen-bond acceptors (Lipinski definition) is 4. The quantitative estimate of drug-likeness (QED) is 0.751. The molecule has 0 amide bonds. The Labute approximate surface area is 125 Å². The molecule has 5 nitrogen and oxygen atoms in total. The monoisotopic (exact) mass is 288 g/mol. The fourth-order valence-electron chi connectivity index (χ4n) is 3.25.